The zero-order valence-electron chi connectivity index (χ0n) is 9.47. The van der Waals surface area contributed by atoms with Crippen molar-refractivity contribution in [2.75, 3.05) is 4.72 Å². The van der Waals surface area contributed by atoms with Crippen molar-refractivity contribution in [1.82, 2.24) is 0 Å². The van der Waals surface area contributed by atoms with Crippen LogP contribution in [0.4, 0.5) is 10.1 Å². The zero-order chi connectivity index (χ0) is 14.0. The van der Waals surface area contributed by atoms with Gasteiger partial charge in [-0.05, 0) is 52.3 Å². The van der Waals surface area contributed by atoms with Crippen molar-refractivity contribution in [2.45, 2.75) is 4.90 Å². The summed E-state index contributed by atoms with van der Waals surface area (Å²) >= 11 is 3.08. The number of aromatic hydroxyl groups is 1. The lowest BCUT2D eigenvalue weighted by atomic mass is 10.3. The van der Waals surface area contributed by atoms with Gasteiger partial charge in [0.2, 0.25) is 0 Å². The average Bonchev–Trinajstić information content (AvgIpc) is 2.35. The first-order chi connectivity index (χ1) is 8.90. The highest BCUT2D eigenvalue weighted by Gasteiger charge is 2.17. The van der Waals surface area contributed by atoms with Crippen molar-refractivity contribution < 1.29 is 17.9 Å². The van der Waals surface area contributed by atoms with E-state index in [1.165, 1.54) is 36.4 Å². The summed E-state index contributed by atoms with van der Waals surface area (Å²) in [5, 5.41) is 9.12. The summed E-state index contributed by atoms with van der Waals surface area (Å²) < 4.78 is 40.1. The van der Waals surface area contributed by atoms with Gasteiger partial charge in [0.25, 0.3) is 10.0 Å². The predicted octanol–water partition coefficient (Wildman–Crippen LogP) is 3.09. The number of nitrogens with one attached hydrogen (secondary N) is 1. The summed E-state index contributed by atoms with van der Waals surface area (Å²) in [6.45, 7) is 0. The van der Waals surface area contributed by atoms with Crippen LogP contribution in [0.25, 0.3) is 0 Å². The van der Waals surface area contributed by atoms with Crippen LogP contribution < -0.4 is 4.72 Å². The molecule has 2 aromatic carbocycles. The lowest BCUT2D eigenvalue weighted by molar-refractivity contribution is 0.475. The molecule has 0 aliphatic rings. The van der Waals surface area contributed by atoms with Gasteiger partial charge in [-0.2, -0.15) is 0 Å². The molecule has 0 spiro atoms. The number of halogens is 2. The number of hydrogen-bond acceptors (Lipinski definition) is 3. The number of benzene rings is 2. The largest absolute Gasteiger partial charge is 0.508 e. The maximum atomic E-state index is 13.6. The van der Waals surface area contributed by atoms with Gasteiger partial charge in [0.05, 0.1) is 10.6 Å². The average molecular weight is 346 g/mol. The maximum absolute atomic E-state index is 13.6. The van der Waals surface area contributed by atoms with Crippen LogP contribution in [-0.2, 0) is 10.0 Å². The van der Waals surface area contributed by atoms with E-state index in [9.17, 15) is 12.8 Å². The van der Waals surface area contributed by atoms with Crippen LogP contribution in [0.15, 0.2) is 51.8 Å². The fraction of sp³-hybridized carbons (Fsp3) is 0. The fourth-order valence-electron chi connectivity index (χ4n) is 1.41. The summed E-state index contributed by atoms with van der Waals surface area (Å²) in [6, 6.07) is 9.07. The number of para-hydroxylation sites is 1. The quantitative estimate of drug-likeness (QED) is 0.898. The Labute approximate surface area is 118 Å². The second-order valence-electron chi connectivity index (χ2n) is 3.70. The maximum Gasteiger partial charge on any atom is 0.262 e. The first-order valence-electron chi connectivity index (χ1n) is 5.16. The van der Waals surface area contributed by atoms with Crippen LogP contribution in [0, 0.1) is 5.82 Å². The van der Waals surface area contributed by atoms with Crippen LogP contribution in [0.3, 0.4) is 0 Å². The Morgan fingerprint density at radius 2 is 1.74 bits per heavy atom. The molecule has 2 rings (SSSR count). The molecule has 0 aliphatic carbocycles. The molecule has 0 heterocycles. The Hall–Kier alpha value is -1.60. The van der Waals surface area contributed by atoms with Gasteiger partial charge in [0.1, 0.15) is 11.6 Å². The van der Waals surface area contributed by atoms with E-state index < -0.39 is 15.8 Å². The third kappa shape index (κ3) is 3.05. The second-order valence-corrected chi connectivity index (χ2v) is 6.23. The number of phenolic OH excluding ortho intramolecular Hbond substituents is 1. The molecule has 0 radical (unpaired) electrons. The number of rotatable bonds is 3. The highest BCUT2D eigenvalue weighted by molar-refractivity contribution is 9.10. The molecule has 0 aromatic heterocycles. The standard InChI is InChI=1S/C12H9BrFNO3S/c13-10-2-1-3-11(14)12(10)15-19(17,18)9-6-4-8(16)5-7-9/h1-7,15-16H. The molecule has 0 atom stereocenters. The lowest BCUT2D eigenvalue weighted by Gasteiger charge is -2.10. The third-order valence-electron chi connectivity index (χ3n) is 2.35. The molecule has 0 amide bonds. The predicted molar refractivity (Wildman–Crippen MR) is 73.0 cm³/mol. The minimum absolute atomic E-state index is 0.0500. The molecule has 7 heteroatoms. The van der Waals surface area contributed by atoms with Crippen molar-refractivity contribution in [1.29, 1.82) is 0 Å². The molecule has 0 bridgehead atoms. The Kier molecular flexibility index (Phi) is 3.77. The summed E-state index contributed by atoms with van der Waals surface area (Å²) in [4.78, 5) is -0.0690. The minimum Gasteiger partial charge on any atom is -0.508 e. The van der Waals surface area contributed by atoms with E-state index in [4.69, 9.17) is 5.11 Å². The number of sulfonamides is 1. The van der Waals surface area contributed by atoms with Crippen molar-refractivity contribution in [2.24, 2.45) is 0 Å². The molecule has 0 fully saturated rings. The normalized spacial score (nSPS) is 11.3. The van der Waals surface area contributed by atoms with Gasteiger partial charge in [-0.15, -0.1) is 0 Å². The molecule has 100 valence electrons. The van der Waals surface area contributed by atoms with Gasteiger partial charge in [0.15, 0.2) is 0 Å². The van der Waals surface area contributed by atoms with Crippen molar-refractivity contribution in [3.63, 3.8) is 0 Å². The first-order valence-corrected chi connectivity index (χ1v) is 7.43. The molecule has 0 unspecified atom stereocenters. The highest BCUT2D eigenvalue weighted by atomic mass is 79.9. The van der Waals surface area contributed by atoms with E-state index in [2.05, 4.69) is 20.7 Å². The van der Waals surface area contributed by atoms with E-state index in [1.807, 2.05) is 0 Å². The Morgan fingerprint density at radius 3 is 2.32 bits per heavy atom. The van der Waals surface area contributed by atoms with E-state index in [-0.39, 0.29) is 16.3 Å². The van der Waals surface area contributed by atoms with E-state index >= 15 is 0 Å². The number of anilines is 1. The Bertz CT molecular complexity index is 681. The van der Waals surface area contributed by atoms with Crippen LogP contribution in [0.5, 0.6) is 5.75 Å². The topological polar surface area (TPSA) is 66.4 Å². The molecule has 0 aliphatic heterocycles. The molecule has 2 aromatic rings. The van der Waals surface area contributed by atoms with Gasteiger partial charge in [-0.25, -0.2) is 12.8 Å². The van der Waals surface area contributed by atoms with Crippen LogP contribution in [0.2, 0.25) is 0 Å². The summed E-state index contributed by atoms with van der Waals surface area (Å²) in [6.07, 6.45) is 0. The Morgan fingerprint density at radius 1 is 1.11 bits per heavy atom. The van der Waals surface area contributed by atoms with Gasteiger partial charge < -0.3 is 5.11 Å². The molecule has 0 saturated heterocycles. The lowest BCUT2D eigenvalue weighted by Crippen LogP contribution is -2.14. The minimum atomic E-state index is -3.91. The van der Waals surface area contributed by atoms with Crippen molar-refractivity contribution in [3.05, 3.63) is 52.8 Å². The second kappa shape index (κ2) is 5.18. The zero-order valence-corrected chi connectivity index (χ0v) is 11.9. The van der Waals surface area contributed by atoms with Crippen LogP contribution >= 0.6 is 15.9 Å². The molecule has 4 nitrogen and oxygen atoms in total. The molecule has 19 heavy (non-hydrogen) atoms. The molecular formula is C12H9BrFNO3S. The van der Waals surface area contributed by atoms with Gasteiger partial charge in [-0.1, -0.05) is 6.07 Å². The van der Waals surface area contributed by atoms with Gasteiger partial charge in [-0.3, -0.25) is 4.72 Å². The monoisotopic (exact) mass is 345 g/mol. The van der Waals surface area contributed by atoms with Gasteiger partial charge >= 0.3 is 0 Å². The molecule has 0 saturated carbocycles. The smallest absolute Gasteiger partial charge is 0.262 e. The van der Waals surface area contributed by atoms with Gasteiger partial charge in [0, 0.05) is 4.47 Å². The van der Waals surface area contributed by atoms with Crippen molar-refractivity contribution in [3.8, 4) is 5.75 Å². The SMILES string of the molecule is O=S(=O)(Nc1c(F)cccc1Br)c1ccc(O)cc1. The van der Waals surface area contributed by atoms with Crippen LogP contribution in [-0.4, -0.2) is 13.5 Å². The fourth-order valence-corrected chi connectivity index (χ4v) is 3.07. The third-order valence-corrected chi connectivity index (χ3v) is 4.37. The number of hydrogen-bond donors (Lipinski definition) is 2. The van der Waals surface area contributed by atoms with E-state index in [1.54, 1.807) is 0 Å². The first kappa shape index (κ1) is 13.8. The molecular weight excluding hydrogens is 337 g/mol. The highest BCUT2D eigenvalue weighted by Crippen LogP contribution is 2.28. The van der Waals surface area contributed by atoms with E-state index in [0.29, 0.717) is 4.47 Å². The van der Waals surface area contributed by atoms with Crippen LogP contribution in [0.1, 0.15) is 0 Å². The molecule has 2 N–H and O–H groups in total. The summed E-state index contributed by atoms with van der Waals surface area (Å²) in [5.74, 6) is -0.734. The Balaban J connectivity index is 2.39. The number of phenols is 1. The van der Waals surface area contributed by atoms with E-state index in [0.717, 1.165) is 6.07 Å². The summed E-state index contributed by atoms with van der Waals surface area (Å²) in [5.41, 5.74) is -0.157. The summed E-state index contributed by atoms with van der Waals surface area (Å²) in [7, 11) is -3.91. The van der Waals surface area contributed by atoms with Crippen molar-refractivity contribution >= 4 is 31.6 Å².